The second-order valence-electron chi connectivity index (χ2n) is 2.64. The van der Waals surface area contributed by atoms with E-state index >= 15 is 0 Å². The van der Waals surface area contributed by atoms with Crippen LogP contribution in [0.1, 0.15) is 18.6 Å². The normalized spacial score (nSPS) is 12.5. The molecule has 1 rings (SSSR count). The number of nitro benzene ring substituents is 1. The summed E-state index contributed by atoms with van der Waals surface area (Å²) < 4.78 is 0.553. The van der Waals surface area contributed by atoms with Crippen molar-refractivity contribution in [1.82, 2.24) is 0 Å². The maximum absolute atomic E-state index is 10.4. The zero-order valence-corrected chi connectivity index (χ0v) is 8.48. The highest BCUT2D eigenvalue weighted by atomic mass is 79.9. The van der Waals surface area contributed by atoms with E-state index in [1.54, 1.807) is 6.92 Å². The van der Waals surface area contributed by atoms with Crippen molar-refractivity contribution in [3.05, 3.63) is 38.3 Å². The lowest BCUT2D eigenvalue weighted by Crippen LogP contribution is -1.94. The molecule has 1 aromatic rings. The first-order valence-corrected chi connectivity index (χ1v) is 4.43. The summed E-state index contributed by atoms with van der Waals surface area (Å²) in [6.07, 6.45) is -0.629. The molecule has 70 valence electrons. The third-order valence-electron chi connectivity index (χ3n) is 1.64. The van der Waals surface area contributed by atoms with Gasteiger partial charge in [0, 0.05) is 16.6 Å². The molecule has 0 heterocycles. The van der Waals surface area contributed by atoms with Crippen LogP contribution in [0.2, 0.25) is 0 Å². The van der Waals surface area contributed by atoms with E-state index in [0.29, 0.717) is 10.0 Å². The van der Waals surface area contributed by atoms with Gasteiger partial charge in [0.15, 0.2) is 0 Å². The van der Waals surface area contributed by atoms with Crippen molar-refractivity contribution in [1.29, 1.82) is 0 Å². The summed E-state index contributed by atoms with van der Waals surface area (Å²) in [4.78, 5) is 9.88. The number of aliphatic hydroxyl groups is 1. The van der Waals surface area contributed by atoms with Gasteiger partial charge in [-0.2, -0.15) is 0 Å². The van der Waals surface area contributed by atoms with Crippen LogP contribution < -0.4 is 0 Å². The van der Waals surface area contributed by atoms with Gasteiger partial charge in [-0.05, 0) is 18.6 Å². The minimum absolute atomic E-state index is 0.0104. The molecule has 1 aromatic carbocycles. The Morgan fingerprint density at radius 3 is 2.62 bits per heavy atom. The monoisotopic (exact) mass is 245 g/mol. The number of nitrogens with zero attached hydrogens (tertiary/aromatic N) is 1. The van der Waals surface area contributed by atoms with Gasteiger partial charge in [-0.1, -0.05) is 15.9 Å². The molecule has 0 radical (unpaired) electrons. The lowest BCUT2D eigenvalue weighted by molar-refractivity contribution is -0.384. The van der Waals surface area contributed by atoms with Crippen LogP contribution in [0, 0.1) is 10.1 Å². The highest BCUT2D eigenvalue weighted by Gasteiger charge is 2.11. The molecule has 13 heavy (non-hydrogen) atoms. The minimum Gasteiger partial charge on any atom is -0.389 e. The molecule has 0 spiro atoms. The molecular weight excluding hydrogens is 238 g/mol. The van der Waals surface area contributed by atoms with Crippen molar-refractivity contribution in [2.45, 2.75) is 13.0 Å². The Morgan fingerprint density at radius 2 is 2.23 bits per heavy atom. The molecule has 0 fully saturated rings. The van der Waals surface area contributed by atoms with E-state index in [0.717, 1.165) is 0 Å². The topological polar surface area (TPSA) is 63.4 Å². The summed E-state index contributed by atoms with van der Waals surface area (Å²) in [7, 11) is 0. The standard InChI is InChI=1S/C8H8BrNO3/c1-5(11)7-3-2-6(10(12)13)4-8(7)9/h2-5,11H,1H3/t5-/m0/s1. The van der Waals surface area contributed by atoms with Crippen molar-refractivity contribution < 1.29 is 10.0 Å². The molecule has 0 aliphatic heterocycles. The Morgan fingerprint density at radius 1 is 1.62 bits per heavy atom. The fourth-order valence-electron chi connectivity index (χ4n) is 0.968. The Kier molecular flexibility index (Phi) is 3.00. The molecule has 0 aliphatic rings. The third kappa shape index (κ3) is 2.26. The average molecular weight is 246 g/mol. The van der Waals surface area contributed by atoms with E-state index in [4.69, 9.17) is 0 Å². The van der Waals surface area contributed by atoms with E-state index in [1.807, 2.05) is 0 Å². The van der Waals surface area contributed by atoms with Gasteiger partial charge < -0.3 is 5.11 Å². The van der Waals surface area contributed by atoms with Crippen LogP contribution in [0.4, 0.5) is 5.69 Å². The van der Waals surface area contributed by atoms with Crippen molar-refractivity contribution in [2.75, 3.05) is 0 Å². The zero-order valence-electron chi connectivity index (χ0n) is 6.90. The van der Waals surface area contributed by atoms with Crippen LogP contribution in [0.15, 0.2) is 22.7 Å². The Hall–Kier alpha value is -0.940. The predicted molar refractivity (Wildman–Crippen MR) is 51.4 cm³/mol. The second-order valence-corrected chi connectivity index (χ2v) is 3.49. The first-order chi connectivity index (χ1) is 6.02. The van der Waals surface area contributed by atoms with Crippen LogP contribution in [-0.2, 0) is 0 Å². The molecule has 0 bridgehead atoms. The zero-order chi connectivity index (χ0) is 10.0. The van der Waals surface area contributed by atoms with Gasteiger partial charge in [-0.3, -0.25) is 10.1 Å². The van der Waals surface area contributed by atoms with E-state index in [1.165, 1.54) is 18.2 Å². The van der Waals surface area contributed by atoms with E-state index in [9.17, 15) is 15.2 Å². The lowest BCUT2D eigenvalue weighted by Gasteiger charge is -2.06. The van der Waals surface area contributed by atoms with Crippen molar-refractivity contribution in [3.63, 3.8) is 0 Å². The molecule has 1 N–H and O–H groups in total. The molecule has 0 saturated carbocycles. The summed E-state index contributed by atoms with van der Waals surface area (Å²) in [6, 6.07) is 4.28. The smallest absolute Gasteiger partial charge is 0.270 e. The fourth-order valence-corrected chi connectivity index (χ4v) is 1.67. The highest BCUT2D eigenvalue weighted by Crippen LogP contribution is 2.27. The Bertz CT molecular complexity index is 338. The maximum atomic E-state index is 10.4. The molecule has 0 aromatic heterocycles. The van der Waals surface area contributed by atoms with Gasteiger partial charge in [0.25, 0.3) is 5.69 Å². The van der Waals surface area contributed by atoms with Gasteiger partial charge >= 0.3 is 0 Å². The SMILES string of the molecule is C[C@H](O)c1ccc([N+](=O)[O-])cc1Br. The number of benzene rings is 1. The number of rotatable bonds is 2. The van der Waals surface area contributed by atoms with Crippen LogP contribution >= 0.6 is 15.9 Å². The summed E-state index contributed by atoms with van der Waals surface area (Å²) in [5.74, 6) is 0. The quantitative estimate of drug-likeness (QED) is 0.643. The summed E-state index contributed by atoms with van der Waals surface area (Å²) in [6.45, 7) is 1.60. The number of aliphatic hydroxyl groups excluding tert-OH is 1. The van der Waals surface area contributed by atoms with Gasteiger partial charge in [0.05, 0.1) is 11.0 Å². The molecule has 0 saturated heterocycles. The third-order valence-corrected chi connectivity index (χ3v) is 2.33. The number of non-ortho nitro benzene ring substituents is 1. The van der Waals surface area contributed by atoms with Crippen molar-refractivity contribution in [3.8, 4) is 0 Å². The van der Waals surface area contributed by atoms with Crippen molar-refractivity contribution >= 4 is 21.6 Å². The molecule has 5 heteroatoms. The number of hydrogen-bond donors (Lipinski definition) is 1. The predicted octanol–water partition coefficient (Wildman–Crippen LogP) is 2.41. The average Bonchev–Trinajstić information content (AvgIpc) is 2.03. The van der Waals surface area contributed by atoms with E-state index in [2.05, 4.69) is 15.9 Å². The fraction of sp³-hybridized carbons (Fsp3) is 0.250. The molecule has 4 nitrogen and oxygen atoms in total. The van der Waals surface area contributed by atoms with Gasteiger partial charge in [0.1, 0.15) is 0 Å². The Balaban J connectivity index is 3.13. The maximum Gasteiger partial charge on any atom is 0.270 e. The van der Waals surface area contributed by atoms with Crippen LogP contribution in [-0.4, -0.2) is 10.0 Å². The highest BCUT2D eigenvalue weighted by molar-refractivity contribution is 9.10. The number of halogens is 1. The van der Waals surface area contributed by atoms with Gasteiger partial charge in [0.2, 0.25) is 0 Å². The minimum atomic E-state index is -0.629. The lowest BCUT2D eigenvalue weighted by atomic mass is 10.1. The van der Waals surface area contributed by atoms with Crippen molar-refractivity contribution in [2.24, 2.45) is 0 Å². The molecule has 0 unspecified atom stereocenters. The van der Waals surface area contributed by atoms with Gasteiger partial charge in [-0.25, -0.2) is 0 Å². The number of nitro groups is 1. The summed E-state index contributed by atoms with van der Waals surface area (Å²) in [5, 5.41) is 19.6. The number of hydrogen-bond acceptors (Lipinski definition) is 3. The first-order valence-electron chi connectivity index (χ1n) is 3.64. The molecular formula is C8H8BrNO3. The Labute approximate surface area is 83.5 Å². The largest absolute Gasteiger partial charge is 0.389 e. The summed E-state index contributed by atoms with van der Waals surface area (Å²) >= 11 is 3.15. The molecule has 1 atom stereocenters. The molecule has 0 amide bonds. The van der Waals surface area contributed by atoms with Gasteiger partial charge in [-0.15, -0.1) is 0 Å². The second kappa shape index (κ2) is 3.85. The van der Waals surface area contributed by atoms with Crippen LogP contribution in [0.3, 0.4) is 0 Å². The van der Waals surface area contributed by atoms with E-state index < -0.39 is 11.0 Å². The molecule has 0 aliphatic carbocycles. The first kappa shape index (κ1) is 10.1. The summed E-state index contributed by atoms with van der Waals surface area (Å²) in [5.41, 5.74) is 0.655. The van der Waals surface area contributed by atoms with Crippen LogP contribution in [0.25, 0.3) is 0 Å². The van der Waals surface area contributed by atoms with E-state index in [-0.39, 0.29) is 5.69 Å². The van der Waals surface area contributed by atoms with Crippen LogP contribution in [0.5, 0.6) is 0 Å².